The van der Waals surface area contributed by atoms with Gasteiger partial charge in [0.2, 0.25) is 0 Å². The summed E-state index contributed by atoms with van der Waals surface area (Å²) in [6, 6.07) is 10.8. The van der Waals surface area contributed by atoms with Gasteiger partial charge in [0.25, 0.3) is 0 Å². The van der Waals surface area contributed by atoms with Gasteiger partial charge in [-0.25, -0.2) is 0 Å². The smallest absolute Gasteiger partial charge is 0.0427 e. The van der Waals surface area contributed by atoms with Gasteiger partial charge in [-0.3, -0.25) is 4.98 Å². The van der Waals surface area contributed by atoms with Crippen LogP contribution in [0.5, 0.6) is 0 Å². The van der Waals surface area contributed by atoms with E-state index < -0.39 is 0 Å². The summed E-state index contributed by atoms with van der Waals surface area (Å²) in [6.07, 6.45) is 5.56. The van der Waals surface area contributed by atoms with Gasteiger partial charge < -0.3 is 10.6 Å². The van der Waals surface area contributed by atoms with Gasteiger partial charge in [-0.05, 0) is 48.2 Å². The van der Waals surface area contributed by atoms with Crippen molar-refractivity contribution in [2.24, 2.45) is 5.73 Å². The SMILES string of the molecule is CCC(N)Cc1ccc(N(C)Cc2ccncc2)cc1Br. The minimum atomic E-state index is 0.224. The highest BCUT2D eigenvalue weighted by atomic mass is 79.9. The van der Waals surface area contributed by atoms with Gasteiger partial charge >= 0.3 is 0 Å². The van der Waals surface area contributed by atoms with E-state index in [1.807, 2.05) is 24.5 Å². The lowest BCUT2D eigenvalue weighted by atomic mass is 10.0. The number of nitrogens with zero attached hydrogens (tertiary/aromatic N) is 2. The maximum atomic E-state index is 6.04. The summed E-state index contributed by atoms with van der Waals surface area (Å²) in [5.74, 6) is 0. The normalized spacial score (nSPS) is 12.2. The topological polar surface area (TPSA) is 42.1 Å². The van der Waals surface area contributed by atoms with Crippen molar-refractivity contribution in [3.05, 3.63) is 58.3 Å². The molecule has 0 fully saturated rings. The molecule has 3 nitrogen and oxygen atoms in total. The lowest BCUT2D eigenvalue weighted by Crippen LogP contribution is -2.22. The third-order valence-corrected chi connectivity index (χ3v) is 4.39. The molecular formula is C17H22BrN3. The third kappa shape index (κ3) is 4.55. The van der Waals surface area contributed by atoms with Crippen molar-refractivity contribution < 1.29 is 0 Å². The zero-order chi connectivity index (χ0) is 15.2. The van der Waals surface area contributed by atoms with Crippen LogP contribution in [0.4, 0.5) is 5.69 Å². The Balaban J connectivity index is 2.08. The van der Waals surface area contributed by atoms with Crippen LogP contribution in [0, 0.1) is 0 Å². The zero-order valence-corrected chi connectivity index (χ0v) is 14.2. The summed E-state index contributed by atoms with van der Waals surface area (Å²) in [7, 11) is 2.10. The van der Waals surface area contributed by atoms with Crippen LogP contribution < -0.4 is 10.6 Å². The third-order valence-electron chi connectivity index (χ3n) is 3.65. The molecule has 1 atom stereocenters. The van der Waals surface area contributed by atoms with Gasteiger partial charge in [0.05, 0.1) is 0 Å². The van der Waals surface area contributed by atoms with E-state index in [0.29, 0.717) is 0 Å². The first kappa shape index (κ1) is 16.0. The van der Waals surface area contributed by atoms with E-state index in [9.17, 15) is 0 Å². The number of aromatic nitrogens is 1. The molecule has 2 rings (SSSR count). The van der Waals surface area contributed by atoms with Gasteiger partial charge in [-0.1, -0.05) is 28.9 Å². The number of pyridine rings is 1. The molecule has 1 aromatic heterocycles. The molecule has 2 N–H and O–H groups in total. The second-order valence-electron chi connectivity index (χ2n) is 5.36. The number of anilines is 1. The number of rotatable bonds is 6. The predicted octanol–water partition coefficient (Wildman–Crippen LogP) is 3.76. The molecule has 0 saturated carbocycles. The first-order chi connectivity index (χ1) is 10.1. The Hall–Kier alpha value is -1.39. The minimum Gasteiger partial charge on any atom is -0.370 e. The molecule has 2 aromatic rings. The maximum absolute atomic E-state index is 6.04. The Labute approximate surface area is 135 Å². The molecule has 1 heterocycles. The highest BCUT2D eigenvalue weighted by molar-refractivity contribution is 9.10. The predicted molar refractivity (Wildman–Crippen MR) is 92.5 cm³/mol. The molecule has 21 heavy (non-hydrogen) atoms. The standard InChI is InChI=1S/C17H22BrN3/c1-3-15(19)10-14-4-5-16(11-17(14)18)21(2)12-13-6-8-20-9-7-13/h4-9,11,15H,3,10,12,19H2,1-2H3. The van der Waals surface area contributed by atoms with Crippen molar-refractivity contribution in [1.82, 2.24) is 4.98 Å². The van der Waals surface area contributed by atoms with Gasteiger partial charge in [0.15, 0.2) is 0 Å². The van der Waals surface area contributed by atoms with E-state index in [1.54, 1.807) is 0 Å². The molecule has 0 aliphatic rings. The maximum Gasteiger partial charge on any atom is 0.0427 e. The van der Waals surface area contributed by atoms with Crippen molar-refractivity contribution in [3.63, 3.8) is 0 Å². The van der Waals surface area contributed by atoms with Crippen LogP contribution in [-0.2, 0) is 13.0 Å². The van der Waals surface area contributed by atoms with Crippen LogP contribution in [-0.4, -0.2) is 18.1 Å². The van der Waals surface area contributed by atoms with Crippen molar-refractivity contribution in [3.8, 4) is 0 Å². The molecule has 0 bridgehead atoms. The molecule has 1 aromatic carbocycles. The van der Waals surface area contributed by atoms with E-state index in [-0.39, 0.29) is 6.04 Å². The lowest BCUT2D eigenvalue weighted by Gasteiger charge is -2.21. The summed E-state index contributed by atoms with van der Waals surface area (Å²) in [4.78, 5) is 6.27. The molecule has 0 radical (unpaired) electrons. The summed E-state index contributed by atoms with van der Waals surface area (Å²) in [5, 5.41) is 0. The van der Waals surface area contributed by atoms with Gasteiger partial charge in [-0.15, -0.1) is 0 Å². The van der Waals surface area contributed by atoms with Gasteiger partial charge in [0, 0.05) is 42.2 Å². The molecule has 0 aliphatic carbocycles. The van der Waals surface area contributed by atoms with Crippen LogP contribution in [0.3, 0.4) is 0 Å². The Morgan fingerprint density at radius 2 is 1.95 bits per heavy atom. The second kappa shape index (κ2) is 7.57. The highest BCUT2D eigenvalue weighted by Gasteiger charge is 2.08. The Kier molecular flexibility index (Phi) is 5.76. The molecule has 0 amide bonds. The minimum absolute atomic E-state index is 0.224. The Bertz CT molecular complexity index is 572. The first-order valence-corrected chi connectivity index (χ1v) is 8.03. The number of hydrogen-bond donors (Lipinski definition) is 1. The number of hydrogen-bond acceptors (Lipinski definition) is 3. The average Bonchev–Trinajstić information content (AvgIpc) is 2.50. The van der Waals surface area contributed by atoms with Crippen LogP contribution in [0.25, 0.3) is 0 Å². The molecule has 1 unspecified atom stereocenters. The summed E-state index contributed by atoms with van der Waals surface area (Å²) < 4.78 is 1.13. The number of benzene rings is 1. The van der Waals surface area contributed by atoms with Gasteiger partial charge in [-0.2, -0.15) is 0 Å². The van der Waals surface area contributed by atoms with E-state index in [4.69, 9.17) is 5.73 Å². The van der Waals surface area contributed by atoms with Crippen molar-refractivity contribution in [2.75, 3.05) is 11.9 Å². The fourth-order valence-corrected chi connectivity index (χ4v) is 2.75. The fourth-order valence-electron chi connectivity index (χ4n) is 2.22. The fraction of sp³-hybridized carbons (Fsp3) is 0.353. The molecular weight excluding hydrogens is 326 g/mol. The Morgan fingerprint density at radius 3 is 2.57 bits per heavy atom. The molecule has 0 spiro atoms. The first-order valence-electron chi connectivity index (χ1n) is 7.24. The Morgan fingerprint density at radius 1 is 1.24 bits per heavy atom. The van der Waals surface area contributed by atoms with E-state index >= 15 is 0 Å². The lowest BCUT2D eigenvalue weighted by molar-refractivity contribution is 0.645. The van der Waals surface area contributed by atoms with E-state index in [0.717, 1.165) is 23.9 Å². The summed E-state index contributed by atoms with van der Waals surface area (Å²) in [6.45, 7) is 2.98. The zero-order valence-electron chi connectivity index (χ0n) is 12.6. The quantitative estimate of drug-likeness (QED) is 0.864. The van der Waals surface area contributed by atoms with Crippen LogP contribution in [0.1, 0.15) is 24.5 Å². The van der Waals surface area contributed by atoms with Crippen molar-refractivity contribution in [1.29, 1.82) is 0 Å². The van der Waals surface area contributed by atoms with Gasteiger partial charge in [0.1, 0.15) is 0 Å². The molecule has 4 heteroatoms. The summed E-state index contributed by atoms with van der Waals surface area (Å²) in [5.41, 5.74) is 9.74. The van der Waals surface area contributed by atoms with Crippen LogP contribution in [0.15, 0.2) is 47.2 Å². The van der Waals surface area contributed by atoms with Crippen LogP contribution >= 0.6 is 15.9 Å². The monoisotopic (exact) mass is 347 g/mol. The number of nitrogens with two attached hydrogens (primary N) is 1. The van der Waals surface area contributed by atoms with Crippen LogP contribution in [0.2, 0.25) is 0 Å². The average molecular weight is 348 g/mol. The largest absolute Gasteiger partial charge is 0.370 e. The van der Waals surface area contributed by atoms with Crippen molar-refractivity contribution in [2.45, 2.75) is 32.4 Å². The second-order valence-corrected chi connectivity index (χ2v) is 6.21. The molecule has 112 valence electrons. The molecule has 0 saturated heterocycles. The number of halogens is 1. The highest BCUT2D eigenvalue weighted by Crippen LogP contribution is 2.25. The summed E-state index contributed by atoms with van der Waals surface area (Å²) >= 11 is 3.67. The molecule has 0 aliphatic heterocycles. The van der Waals surface area contributed by atoms with E-state index in [1.165, 1.54) is 16.8 Å². The van der Waals surface area contributed by atoms with E-state index in [2.05, 4.69) is 58.0 Å². The van der Waals surface area contributed by atoms with Crippen molar-refractivity contribution >= 4 is 21.6 Å².